The lowest BCUT2D eigenvalue weighted by molar-refractivity contribution is 0.137. The molecule has 0 aromatic rings. The van der Waals surface area contributed by atoms with Gasteiger partial charge in [0.15, 0.2) is 0 Å². The number of halogens is 3. The second-order valence-corrected chi connectivity index (χ2v) is 12.0. The Balaban J connectivity index is 1.30. The molecule has 6 atom stereocenters. The molecule has 0 N–H and O–H groups in total. The Morgan fingerprint density at radius 3 is 1.97 bits per heavy atom. The predicted molar refractivity (Wildman–Crippen MR) is 136 cm³/mol. The fraction of sp³-hybridized carbons (Fsp3) is 0.806. The van der Waals surface area contributed by atoms with Crippen LogP contribution in [0.1, 0.15) is 110 Å². The van der Waals surface area contributed by atoms with E-state index in [4.69, 9.17) is 0 Å². The number of rotatable bonds is 8. The average molecular weight is 477 g/mol. The fourth-order valence-corrected chi connectivity index (χ4v) is 7.69. The van der Waals surface area contributed by atoms with Crippen molar-refractivity contribution in [2.75, 3.05) is 0 Å². The average Bonchev–Trinajstić information content (AvgIpc) is 2.86. The van der Waals surface area contributed by atoms with Crippen LogP contribution in [-0.4, -0.2) is 0 Å². The van der Waals surface area contributed by atoms with Crippen molar-refractivity contribution in [2.24, 2.45) is 47.3 Å². The van der Waals surface area contributed by atoms with Crippen molar-refractivity contribution in [1.29, 1.82) is 0 Å². The first-order valence-electron chi connectivity index (χ1n) is 14.6. The van der Waals surface area contributed by atoms with Gasteiger partial charge < -0.3 is 0 Å². The highest BCUT2D eigenvalue weighted by atomic mass is 19.2. The van der Waals surface area contributed by atoms with Gasteiger partial charge in [-0.25, -0.2) is 13.2 Å². The zero-order valence-corrected chi connectivity index (χ0v) is 21.6. The van der Waals surface area contributed by atoms with Crippen molar-refractivity contribution in [1.82, 2.24) is 0 Å². The van der Waals surface area contributed by atoms with Gasteiger partial charge >= 0.3 is 0 Å². The maximum Gasteiger partial charge on any atom is 0.135 e. The Hall–Kier alpha value is -0.990. The number of hydrogen-bond donors (Lipinski definition) is 0. The molecule has 192 valence electrons. The molecule has 2 unspecified atom stereocenters. The van der Waals surface area contributed by atoms with Crippen LogP contribution in [0.25, 0.3) is 0 Å². The Labute approximate surface area is 206 Å². The van der Waals surface area contributed by atoms with E-state index in [1.807, 2.05) is 6.08 Å². The first-order chi connectivity index (χ1) is 16.5. The second kappa shape index (κ2) is 12.3. The maximum absolute atomic E-state index is 15.3. The normalized spacial score (nSPS) is 39.3. The molecule has 0 aliphatic heterocycles. The summed E-state index contributed by atoms with van der Waals surface area (Å²) in [6.07, 6.45) is 21.8. The molecule has 0 radical (unpaired) electrons. The van der Waals surface area contributed by atoms with Gasteiger partial charge in [-0.05, 0) is 113 Å². The van der Waals surface area contributed by atoms with Gasteiger partial charge in [0.25, 0.3) is 0 Å². The van der Waals surface area contributed by atoms with E-state index in [-0.39, 0.29) is 35.4 Å². The summed E-state index contributed by atoms with van der Waals surface area (Å²) in [5, 5.41) is 0. The second-order valence-electron chi connectivity index (χ2n) is 12.0. The van der Waals surface area contributed by atoms with Crippen LogP contribution in [0.15, 0.2) is 35.7 Å². The van der Waals surface area contributed by atoms with Gasteiger partial charge in [0.1, 0.15) is 11.7 Å². The molecule has 4 aliphatic rings. The van der Waals surface area contributed by atoms with Crippen LogP contribution in [0.5, 0.6) is 0 Å². The summed E-state index contributed by atoms with van der Waals surface area (Å²) in [6, 6.07) is 0. The van der Waals surface area contributed by atoms with Crippen molar-refractivity contribution in [3.05, 3.63) is 35.7 Å². The molecule has 0 nitrogen and oxygen atoms in total. The lowest BCUT2D eigenvalue weighted by Crippen LogP contribution is -2.31. The lowest BCUT2D eigenvalue weighted by atomic mass is 9.66. The molecule has 0 saturated heterocycles. The molecular formula is C31H47F3. The summed E-state index contributed by atoms with van der Waals surface area (Å²) in [5.41, 5.74) is 0. The molecule has 0 aromatic heterocycles. The van der Waals surface area contributed by atoms with Gasteiger partial charge in [0.05, 0.1) is 5.83 Å². The summed E-state index contributed by atoms with van der Waals surface area (Å²) in [6.45, 7) is 4.37. The van der Waals surface area contributed by atoms with Crippen molar-refractivity contribution in [3.8, 4) is 0 Å². The highest BCUT2D eigenvalue weighted by Crippen LogP contribution is 2.50. The van der Waals surface area contributed by atoms with Crippen LogP contribution < -0.4 is 0 Å². The highest BCUT2D eigenvalue weighted by molar-refractivity contribution is 5.17. The van der Waals surface area contributed by atoms with Gasteiger partial charge in [0, 0.05) is 17.8 Å². The van der Waals surface area contributed by atoms with Gasteiger partial charge in [-0.2, -0.15) is 0 Å². The predicted octanol–water partition coefficient (Wildman–Crippen LogP) is 10.4. The maximum atomic E-state index is 15.3. The van der Waals surface area contributed by atoms with E-state index in [2.05, 4.69) is 26.0 Å². The quantitative estimate of drug-likeness (QED) is 0.306. The van der Waals surface area contributed by atoms with Gasteiger partial charge in [0.2, 0.25) is 0 Å². The third kappa shape index (κ3) is 6.04. The first-order valence-corrected chi connectivity index (χ1v) is 14.6. The van der Waals surface area contributed by atoms with E-state index < -0.39 is 11.7 Å². The summed E-state index contributed by atoms with van der Waals surface area (Å²) < 4.78 is 45.2. The van der Waals surface area contributed by atoms with Crippen LogP contribution in [0, 0.1) is 47.3 Å². The Kier molecular flexibility index (Phi) is 9.44. The molecule has 0 aromatic carbocycles. The van der Waals surface area contributed by atoms with Crippen LogP contribution >= 0.6 is 0 Å². The van der Waals surface area contributed by atoms with E-state index in [0.717, 1.165) is 83.5 Å². The molecular weight excluding hydrogens is 429 g/mol. The summed E-state index contributed by atoms with van der Waals surface area (Å²) in [7, 11) is 0. The molecule has 4 rings (SSSR count). The molecule has 1 fully saturated rings. The smallest absolute Gasteiger partial charge is 0.135 e. The van der Waals surface area contributed by atoms with E-state index in [1.54, 1.807) is 0 Å². The van der Waals surface area contributed by atoms with Crippen molar-refractivity contribution in [2.45, 2.75) is 110 Å². The fourth-order valence-electron chi connectivity index (χ4n) is 7.69. The standard InChI is InChI=1S/C31H47F3/c1-3-5-7-25-16-17-26(20-29(25)32)22-12-14-24(15-13-22)28-19-18-27(30(33)31(28)34)23-10-8-21(6-4-2)9-11-23/h8,10,20-28H,3-7,9,11-19H2,1-2H3/t21?,22?,23-,24?,25+,26-,27?,28-/m1/s1. The molecule has 0 amide bonds. The molecule has 0 heterocycles. The van der Waals surface area contributed by atoms with Crippen LogP contribution in [0.4, 0.5) is 13.2 Å². The minimum Gasteiger partial charge on any atom is -0.212 e. The first kappa shape index (κ1) is 26.1. The van der Waals surface area contributed by atoms with Crippen molar-refractivity contribution >= 4 is 0 Å². The van der Waals surface area contributed by atoms with Gasteiger partial charge in [-0.3, -0.25) is 0 Å². The minimum absolute atomic E-state index is 0.124. The topological polar surface area (TPSA) is 0 Å². The zero-order chi connectivity index (χ0) is 24.1. The summed E-state index contributed by atoms with van der Waals surface area (Å²) in [5.74, 6) is 0.853. The molecule has 34 heavy (non-hydrogen) atoms. The lowest BCUT2D eigenvalue weighted by Gasteiger charge is -2.40. The SMILES string of the molecule is CCCC[C@H]1CC[C@@H](C2CCC([C@H]3CCC([C@@H]4C=CC(CCC)CC4)C(F)=C3F)CC2)C=C1F. The monoisotopic (exact) mass is 476 g/mol. The van der Waals surface area contributed by atoms with E-state index >= 15 is 8.78 Å². The molecule has 0 bridgehead atoms. The number of allylic oxidation sites excluding steroid dienone is 6. The number of unbranched alkanes of at least 4 members (excludes halogenated alkanes) is 1. The van der Waals surface area contributed by atoms with E-state index in [0.29, 0.717) is 17.8 Å². The highest BCUT2D eigenvalue weighted by Gasteiger charge is 2.40. The third-order valence-electron chi connectivity index (χ3n) is 9.85. The van der Waals surface area contributed by atoms with Crippen LogP contribution in [-0.2, 0) is 0 Å². The van der Waals surface area contributed by atoms with Gasteiger partial charge in [-0.1, -0.05) is 45.3 Å². The Morgan fingerprint density at radius 2 is 1.32 bits per heavy atom. The number of hydrogen-bond acceptors (Lipinski definition) is 0. The minimum atomic E-state index is -0.433. The molecule has 3 heteroatoms. The third-order valence-corrected chi connectivity index (χ3v) is 9.85. The van der Waals surface area contributed by atoms with Crippen LogP contribution in [0.2, 0.25) is 0 Å². The van der Waals surface area contributed by atoms with Crippen molar-refractivity contribution in [3.63, 3.8) is 0 Å². The van der Waals surface area contributed by atoms with Gasteiger partial charge in [-0.15, -0.1) is 0 Å². The Bertz CT molecular complexity index is 742. The van der Waals surface area contributed by atoms with E-state index in [1.165, 1.54) is 12.8 Å². The molecule has 4 aliphatic carbocycles. The van der Waals surface area contributed by atoms with E-state index in [9.17, 15) is 4.39 Å². The largest absolute Gasteiger partial charge is 0.212 e. The summed E-state index contributed by atoms with van der Waals surface area (Å²) in [4.78, 5) is 0. The zero-order valence-electron chi connectivity index (χ0n) is 21.6. The van der Waals surface area contributed by atoms with Crippen LogP contribution in [0.3, 0.4) is 0 Å². The molecule has 0 spiro atoms. The summed E-state index contributed by atoms with van der Waals surface area (Å²) >= 11 is 0. The Morgan fingerprint density at radius 1 is 0.647 bits per heavy atom. The van der Waals surface area contributed by atoms with Crippen molar-refractivity contribution < 1.29 is 13.2 Å². The molecule has 1 saturated carbocycles.